The highest BCUT2D eigenvalue weighted by Crippen LogP contribution is 2.21. The lowest BCUT2D eigenvalue weighted by Gasteiger charge is -2.20. The first-order chi connectivity index (χ1) is 12.8. The van der Waals surface area contributed by atoms with E-state index in [4.69, 9.17) is 5.90 Å². The smallest absolute Gasteiger partial charge is 0.390 e. The molecule has 0 amide bonds. The lowest BCUT2D eigenvalue weighted by atomic mass is 10.00. The molecule has 7 heteroatoms. The third-order valence-electron chi connectivity index (χ3n) is 4.91. The lowest BCUT2D eigenvalue weighted by Crippen LogP contribution is -2.37. The van der Waals surface area contributed by atoms with Crippen molar-refractivity contribution in [1.82, 2.24) is 0 Å². The van der Waals surface area contributed by atoms with E-state index in [0.29, 0.717) is 6.42 Å². The monoisotopic (exact) mass is 397 g/mol. The van der Waals surface area contributed by atoms with Gasteiger partial charge in [-0.1, -0.05) is 90.4 Å². The standard InChI is InChI=1S/C20H38F3NO3/c1-2-3-4-5-6-7-8-9-10-11-12-13-14-15-17(25)18(27-24)16-19(26)20(21,22)23/h17-18,25H,2-16,24H2,1H3/t17-,18+/m1/s1. The number of unbranched alkanes of at least 4 members (excludes halogenated alkanes) is 12. The van der Waals surface area contributed by atoms with Gasteiger partial charge in [0.05, 0.1) is 6.10 Å². The highest BCUT2D eigenvalue weighted by atomic mass is 19.4. The molecule has 162 valence electrons. The third kappa shape index (κ3) is 15.0. The number of aliphatic hydroxyl groups excluding tert-OH is 1. The molecule has 0 radical (unpaired) electrons. The molecule has 0 saturated carbocycles. The number of aliphatic hydroxyl groups is 1. The number of nitrogens with two attached hydrogens (primary N) is 1. The van der Waals surface area contributed by atoms with Crippen LogP contribution in [0.2, 0.25) is 0 Å². The molecule has 0 aromatic rings. The van der Waals surface area contributed by atoms with Crippen molar-refractivity contribution in [2.24, 2.45) is 5.90 Å². The molecule has 27 heavy (non-hydrogen) atoms. The summed E-state index contributed by atoms with van der Waals surface area (Å²) in [7, 11) is 0. The highest BCUT2D eigenvalue weighted by Gasteiger charge is 2.40. The molecule has 0 aromatic carbocycles. The minimum atomic E-state index is -4.92. The Labute approximate surface area is 162 Å². The second kappa shape index (κ2) is 16.3. The first kappa shape index (κ1) is 26.3. The van der Waals surface area contributed by atoms with Crippen molar-refractivity contribution in [2.75, 3.05) is 0 Å². The summed E-state index contributed by atoms with van der Waals surface area (Å²) >= 11 is 0. The average Bonchev–Trinajstić information content (AvgIpc) is 2.62. The Balaban J connectivity index is 3.59. The first-order valence-electron chi connectivity index (χ1n) is 10.5. The molecule has 0 aliphatic heterocycles. The molecule has 0 aliphatic carbocycles. The summed E-state index contributed by atoms with van der Waals surface area (Å²) in [6, 6.07) is 0. The topological polar surface area (TPSA) is 72.5 Å². The van der Waals surface area contributed by atoms with Crippen LogP contribution in [0.3, 0.4) is 0 Å². The average molecular weight is 398 g/mol. The fourth-order valence-electron chi connectivity index (χ4n) is 3.13. The Hall–Kier alpha value is -0.660. The lowest BCUT2D eigenvalue weighted by molar-refractivity contribution is -0.176. The van der Waals surface area contributed by atoms with Gasteiger partial charge in [-0.25, -0.2) is 5.90 Å². The number of hydrogen-bond acceptors (Lipinski definition) is 4. The summed E-state index contributed by atoms with van der Waals surface area (Å²) in [5.41, 5.74) is 0. The number of carbonyl (C=O) groups is 1. The zero-order valence-electron chi connectivity index (χ0n) is 16.7. The SMILES string of the molecule is CCCCCCCCCCCCCCC[C@@H](O)[C@H](CC(=O)C(F)(F)F)ON. The Bertz CT molecular complexity index is 365. The van der Waals surface area contributed by atoms with Gasteiger partial charge in [-0.2, -0.15) is 13.2 Å². The number of carbonyl (C=O) groups excluding carboxylic acids is 1. The van der Waals surface area contributed by atoms with Gasteiger partial charge in [0.2, 0.25) is 5.78 Å². The predicted octanol–water partition coefficient (Wildman–Crippen LogP) is 5.61. The Morgan fingerprint density at radius 3 is 1.67 bits per heavy atom. The molecular formula is C20H38F3NO3. The number of halogens is 3. The Morgan fingerprint density at radius 2 is 1.30 bits per heavy atom. The highest BCUT2D eigenvalue weighted by molar-refractivity contribution is 5.84. The van der Waals surface area contributed by atoms with Gasteiger partial charge in [0.25, 0.3) is 0 Å². The van der Waals surface area contributed by atoms with Crippen molar-refractivity contribution in [3.05, 3.63) is 0 Å². The molecule has 0 aliphatic rings. The van der Waals surface area contributed by atoms with Crippen LogP contribution < -0.4 is 5.90 Å². The summed E-state index contributed by atoms with van der Waals surface area (Å²) < 4.78 is 36.8. The normalized spacial score (nSPS) is 14.3. The van der Waals surface area contributed by atoms with Crippen LogP contribution in [0.5, 0.6) is 0 Å². The Kier molecular flexibility index (Phi) is 15.9. The van der Waals surface area contributed by atoms with Crippen molar-refractivity contribution >= 4 is 5.78 Å². The summed E-state index contributed by atoms with van der Waals surface area (Å²) in [6.07, 6.45) is 7.40. The molecule has 0 aromatic heterocycles. The largest absolute Gasteiger partial charge is 0.450 e. The second-order valence-electron chi connectivity index (χ2n) is 7.40. The summed E-state index contributed by atoms with van der Waals surface area (Å²) in [4.78, 5) is 15.3. The van der Waals surface area contributed by atoms with Gasteiger partial charge in [-0.05, 0) is 6.42 Å². The van der Waals surface area contributed by atoms with E-state index < -0.39 is 30.6 Å². The minimum Gasteiger partial charge on any atom is -0.390 e. The van der Waals surface area contributed by atoms with E-state index in [1.54, 1.807) is 0 Å². The molecule has 0 heterocycles. The van der Waals surface area contributed by atoms with Gasteiger partial charge in [0.15, 0.2) is 0 Å². The van der Waals surface area contributed by atoms with E-state index in [-0.39, 0.29) is 6.42 Å². The van der Waals surface area contributed by atoms with Gasteiger partial charge >= 0.3 is 6.18 Å². The van der Waals surface area contributed by atoms with E-state index in [9.17, 15) is 23.1 Å². The van der Waals surface area contributed by atoms with Crippen molar-refractivity contribution in [3.8, 4) is 0 Å². The number of ketones is 1. The molecular weight excluding hydrogens is 359 g/mol. The maximum absolute atomic E-state index is 12.3. The Morgan fingerprint density at radius 1 is 0.889 bits per heavy atom. The van der Waals surface area contributed by atoms with E-state index in [1.807, 2.05) is 0 Å². The maximum Gasteiger partial charge on any atom is 0.450 e. The van der Waals surface area contributed by atoms with Crippen LogP contribution in [0.4, 0.5) is 13.2 Å². The van der Waals surface area contributed by atoms with E-state index in [0.717, 1.165) is 19.3 Å². The molecule has 0 fully saturated rings. The second-order valence-corrected chi connectivity index (χ2v) is 7.40. The minimum absolute atomic E-state index is 0.283. The molecule has 0 spiro atoms. The van der Waals surface area contributed by atoms with Crippen LogP contribution in [0.15, 0.2) is 0 Å². The van der Waals surface area contributed by atoms with E-state index >= 15 is 0 Å². The zero-order valence-corrected chi connectivity index (χ0v) is 16.7. The van der Waals surface area contributed by atoms with Crippen LogP contribution in [-0.4, -0.2) is 29.3 Å². The molecule has 0 unspecified atom stereocenters. The number of rotatable bonds is 18. The molecule has 0 saturated heterocycles. The van der Waals surface area contributed by atoms with Crippen molar-refractivity contribution in [3.63, 3.8) is 0 Å². The van der Waals surface area contributed by atoms with Crippen molar-refractivity contribution < 1.29 is 27.9 Å². The van der Waals surface area contributed by atoms with Gasteiger partial charge in [-0.3, -0.25) is 9.63 Å². The number of Topliss-reactive ketones (excluding diaryl/α,β-unsaturated/α-hetero) is 1. The molecule has 2 atom stereocenters. The maximum atomic E-state index is 12.3. The molecule has 0 rings (SSSR count). The van der Waals surface area contributed by atoms with Gasteiger partial charge < -0.3 is 5.11 Å². The van der Waals surface area contributed by atoms with Crippen LogP contribution in [0, 0.1) is 0 Å². The van der Waals surface area contributed by atoms with Crippen molar-refractivity contribution in [1.29, 1.82) is 0 Å². The molecule has 4 nitrogen and oxygen atoms in total. The van der Waals surface area contributed by atoms with Crippen LogP contribution in [0.25, 0.3) is 0 Å². The quantitative estimate of drug-likeness (QED) is 0.233. The molecule has 0 bridgehead atoms. The summed E-state index contributed by atoms with van der Waals surface area (Å²) in [5.74, 6) is 3.00. The van der Waals surface area contributed by atoms with Crippen LogP contribution >= 0.6 is 0 Å². The number of hydrogen-bond donors (Lipinski definition) is 2. The predicted molar refractivity (Wildman–Crippen MR) is 101 cm³/mol. The summed E-state index contributed by atoms with van der Waals surface area (Å²) in [6.45, 7) is 2.22. The van der Waals surface area contributed by atoms with Crippen LogP contribution in [-0.2, 0) is 9.63 Å². The van der Waals surface area contributed by atoms with E-state index in [2.05, 4.69) is 11.8 Å². The summed E-state index contributed by atoms with van der Waals surface area (Å²) in [5, 5.41) is 9.88. The third-order valence-corrected chi connectivity index (χ3v) is 4.91. The first-order valence-corrected chi connectivity index (χ1v) is 10.5. The van der Waals surface area contributed by atoms with E-state index in [1.165, 1.54) is 57.8 Å². The van der Waals surface area contributed by atoms with Gasteiger partial charge in [0, 0.05) is 6.42 Å². The fraction of sp³-hybridized carbons (Fsp3) is 0.950. The number of alkyl halides is 3. The zero-order chi connectivity index (χ0) is 20.5. The van der Waals surface area contributed by atoms with Crippen molar-refractivity contribution in [2.45, 2.75) is 122 Å². The van der Waals surface area contributed by atoms with Gasteiger partial charge in [-0.15, -0.1) is 0 Å². The van der Waals surface area contributed by atoms with Crippen LogP contribution in [0.1, 0.15) is 103 Å². The molecule has 3 N–H and O–H groups in total. The van der Waals surface area contributed by atoms with Gasteiger partial charge in [0.1, 0.15) is 6.10 Å². The fourth-order valence-corrected chi connectivity index (χ4v) is 3.13.